The van der Waals surface area contributed by atoms with Gasteiger partial charge in [-0.15, -0.1) is 0 Å². The van der Waals surface area contributed by atoms with Crippen LogP contribution in [0.1, 0.15) is 30.9 Å². The lowest BCUT2D eigenvalue weighted by atomic mass is 10.1. The maximum atomic E-state index is 8.64. The van der Waals surface area contributed by atoms with Crippen LogP contribution in [0.5, 0.6) is 0 Å². The van der Waals surface area contributed by atoms with E-state index in [1.165, 1.54) is 0 Å². The fraction of sp³-hybridized carbons (Fsp3) is 0.500. The molecule has 20 heavy (non-hydrogen) atoms. The van der Waals surface area contributed by atoms with Crippen LogP contribution < -0.4 is 11.1 Å². The second kappa shape index (κ2) is 6.92. The van der Waals surface area contributed by atoms with Gasteiger partial charge in [0, 0.05) is 29.8 Å². The molecule has 1 saturated heterocycles. The number of nitrogens with two attached hydrogens (primary N) is 1. The van der Waals surface area contributed by atoms with Gasteiger partial charge >= 0.3 is 0 Å². The van der Waals surface area contributed by atoms with Gasteiger partial charge in [0.1, 0.15) is 0 Å². The first kappa shape index (κ1) is 15.1. The normalized spacial score (nSPS) is 21.1. The first-order valence-electron chi connectivity index (χ1n) is 6.73. The maximum Gasteiger partial charge on any atom is 0.170 e. The number of rotatable bonds is 5. The number of halogens is 1. The Labute approximate surface area is 123 Å². The molecule has 1 aliphatic rings. The van der Waals surface area contributed by atoms with Crippen LogP contribution in [-0.2, 0) is 11.3 Å². The van der Waals surface area contributed by atoms with Gasteiger partial charge < -0.3 is 21.0 Å². The van der Waals surface area contributed by atoms with Crippen LogP contribution in [-0.4, -0.2) is 29.8 Å². The summed E-state index contributed by atoms with van der Waals surface area (Å²) in [5.74, 6) is 0.0548. The van der Waals surface area contributed by atoms with Crippen molar-refractivity contribution < 1.29 is 9.94 Å². The molecule has 1 fully saturated rings. The highest BCUT2D eigenvalue weighted by Crippen LogP contribution is 2.19. The number of benzene rings is 1. The smallest absolute Gasteiger partial charge is 0.170 e. The van der Waals surface area contributed by atoms with E-state index in [2.05, 4.69) is 17.4 Å². The maximum absolute atomic E-state index is 8.64. The minimum absolute atomic E-state index is 0.0548. The summed E-state index contributed by atoms with van der Waals surface area (Å²) in [6.07, 6.45) is 2.51. The SMILES string of the molecule is CC(NCc1ccc(/C(N)=N/O)cc1Cl)C1CCCO1. The van der Waals surface area contributed by atoms with Crippen LogP contribution in [0.4, 0.5) is 0 Å². The van der Waals surface area contributed by atoms with Crippen LogP contribution in [0.15, 0.2) is 23.4 Å². The molecule has 5 nitrogen and oxygen atoms in total. The van der Waals surface area contributed by atoms with E-state index < -0.39 is 0 Å². The lowest BCUT2D eigenvalue weighted by molar-refractivity contribution is 0.0832. The average molecular weight is 298 g/mol. The first-order chi connectivity index (χ1) is 9.61. The van der Waals surface area contributed by atoms with E-state index in [9.17, 15) is 0 Å². The summed E-state index contributed by atoms with van der Waals surface area (Å²) in [7, 11) is 0. The molecule has 6 heteroatoms. The van der Waals surface area contributed by atoms with Crippen molar-refractivity contribution >= 4 is 17.4 Å². The van der Waals surface area contributed by atoms with E-state index >= 15 is 0 Å². The molecule has 0 spiro atoms. The van der Waals surface area contributed by atoms with E-state index in [-0.39, 0.29) is 18.0 Å². The van der Waals surface area contributed by atoms with E-state index in [0.717, 1.165) is 25.0 Å². The van der Waals surface area contributed by atoms with Gasteiger partial charge in [-0.05, 0) is 31.4 Å². The Hall–Kier alpha value is -1.30. The van der Waals surface area contributed by atoms with Crippen molar-refractivity contribution in [1.29, 1.82) is 0 Å². The van der Waals surface area contributed by atoms with E-state index in [4.69, 9.17) is 27.3 Å². The molecule has 2 unspecified atom stereocenters. The second-order valence-electron chi connectivity index (χ2n) is 5.01. The Morgan fingerprint density at radius 1 is 1.65 bits per heavy atom. The van der Waals surface area contributed by atoms with Gasteiger partial charge in [0.25, 0.3) is 0 Å². The molecule has 110 valence electrons. The van der Waals surface area contributed by atoms with Gasteiger partial charge in [0.2, 0.25) is 0 Å². The van der Waals surface area contributed by atoms with E-state index in [0.29, 0.717) is 17.1 Å². The van der Waals surface area contributed by atoms with Gasteiger partial charge in [0.05, 0.1) is 6.10 Å². The largest absolute Gasteiger partial charge is 0.409 e. The third-order valence-corrected chi connectivity index (χ3v) is 3.95. The predicted molar refractivity (Wildman–Crippen MR) is 79.2 cm³/mol. The molecule has 0 aromatic heterocycles. The Kier molecular flexibility index (Phi) is 5.23. The highest BCUT2D eigenvalue weighted by Gasteiger charge is 2.21. The van der Waals surface area contributed by atoms with Crippen LogP contribution in [0.3, 0.4) is 0 Å². The first-order valence-corrected chi connectivity index (χ1v) is 7.11. The van der Waals surface area contributed by atoms with Crippen molar-refractivity contribution in [2.45, 2.75) is 38.5 Å². The number of hydrogen-bond donors (Lipinski definition) is 3. The number of oxime groups is 1. The summed E-state index contributed by atoms with van der Waals surface area (Å²) >= 11 is 6.21. The summed E-state index contributed by atoms with van der Waals surface area (Å²) in [6, 6.07) is 5.65. The lowest BCUT2D eigenvalue weighted by Crippen LogP contribution is -2.36. The Balaban J connectivity index is 1.96. The van der Waals surface area contributed by atoms with Crippen molar-refractivity contribution in [2.75, 3.05) is 6.61 Å². The molecule has 2 atom stereocenters. The molecule has 0 radical (unpaired) electrons. The Bertz CT molecular complexity index is 487. The summed E-state index contributed by atoms with van der Waals surface area (Å²) < 4.78 is 5.64. The van der Waals surface area contributed by atoms with Gasteiger partial charge in [-0.25, -0.2) is 0 Å². The van der Waals surface area contributed by atoms with E-state index in [1.807, 2.05) is 6.07 Å². The second-order valence-corrected chi connectivity index (χ2v) is 5.42. The van der Waals surface area contributed by atoms with Gasteiger partial charge in [-0.3, -0.25) is 0 Å². The van der Waals surface area contributed by atoms with E-state index in [1.54, 1.807) is 12.1 Å². The molecular weight excluding hydrogens is 278 g/mol. The third kappa shape index (κ3) is 3.62. The topological polar surface area (TPSA) is 79.9 Å². The number of nitrogens with zero attached hydrogens (tertiary/aromatic N) is 1. The molecule has 0 bridgehead atoms. The Morgan fingerprint density at radius 3 is 3.05 bits per heavy atom. The molecular formula is C14H20ClN3O2. The van der Waals surface area contributed by atoms with Crippen molar-refractivity contribution in [3.8, 4) is 0 Å². The van der Waals surface area contributed by atoms with Crippen LogP contribution >= 0.6 is 11.6 Å². The number of amidine groups is 1. The molecule has 0 amide bonds. The molecule has 4 N–H and O–H groups in total. The predicted octanol–water partition coefficient (Wildman–Crippen LogP) is 2.09. The highest BCUT2D eigenvalue weighted by molar-refractivity contribution is 6.31. The lowest BCUT2D eigenvalue weighted by Gasteiger charge is -2.20. The summed E-state index contributed by atoms with van der Waals surface area (Å²) in [6.45, 7) is 3.64. The molecule has 0 saturated carbocycles. The molecule has 1 heterocycles. The average Bonchev–Trinajstić information content (AvgIpc) is 2.99. The van der Waals surface area contributed by atoms with Crippen molar-refractivity contribution in [3.63, 3.8) is 0 Å². The highest BCUT2D eigenvalue weighted by atomic mass is 35.5. The van der Waals surface area contributed by atoms with Crippen LogP contribution in [0, 0.1) is 0 Å². The zero-order valence-electron chi connectivity index (χ0n) is 11.5. The summed E-state index contributed by atoms with van der Waals surface area (Å²) in [4.78, 5) is 0. The number of hydrogen-bond acceptors (Lipinski definition) is 4. The van der Waals surface area contributed by atoms with Gasteiger partial charge in [0.15, 0.2) is 5.84 Å². The summed E-state index contributed by atoms with van der Waals surface area (Å²) in [5, 5.41) is 15.6. The zero-order valence-corrected chi connectivity index (χ0v) is 12.2. The summed E-state index contributed by atoms with van der Waals surface area (Å²) in [5.41, 5.74) is 7.11. The minimum Gasteiger partial charge on any atom is -0.409 e. The van der Waals surface area contributed by atoms with Crippen molar-refractivity contribution in [2.24, 2.45) is 10.9 Å². The zero-order chi connectivity index (χ0) is 14.5. The van der Waals surface area contributed by atoms with Crippen molar-refractivity contribution in [3.05, 3.63) is 34.3 Å². The molecule has 1 aromatic rings. The number of ether oxygens (including phenoxy) is 1. The fourth-order valence-corrected chi connectivity index (χ4v) is 2.55. The van der Waals surface area contributed by atoms with Gasteiger partial charge in [-0.1, -0.05) is 28.9 Å². The fourth-order valence-electron chi connectivity index (χ4n) is 2.31. The number of nitrogens with one attached hydrogen (secondary N) is 1. The van der Waals surface area contributed by atoms with Crippen molar-refractivity contribution in [1.82, 2.24) is 5.32 Å². The molecule has 1 aliphatic heterocycles. The Morgan fingerprint density at radius 2 is 2.45 bits per heavy atom. The quantitative estimate of drug-likeness (QED) is 0.336. The molecule has 0 aliphatic carbocycles. The van der Waals surface area contributed by atoms with Gasteiger partial charge in [-0.2, -0.15) is 0 Å². The minimum atomic E-state index is 0.0548. The standard InChI is InChI=1S/C14H20ClN3O2/c1-9(13-3-2-6-20-13)17-8-11-5-4-10(7-12(11)15)14(16)18-19/h4-5,7,9,13,17,19H,2-3,6,8H2,1H3,(H2,16,18). The monoisotopic (exact) mass is 297 g/mol. The van der Waals surface area contributed by atoms with Crippen LogP contribution in [0.2, 0.25) is 5.02 Å². The molecule has 1 aromatic carbocycles. The van der Waals surface area contributed by atoms with Crippen LogP contribution in [0.25, 0.3) is 0 Å². The third-order valence-electron chi connectivity index (χ3n) is 3.59. The molecule has 2 rings (SSSR count).